The number of hydroxylamine groups is 2. The molecule has 6 nitrogen and oxygen atoms in total. The van der Waals surface area contributed by atoms with Crippen molar-refractivity contribution >= 4 is 23.6 Å². The van der Waals surface area contributed by atoms with Crippen LogP contribution in [-0.2, 0) is 4.74 Å². The number of hydrogen-bond acceptors (Lipinski definition) is 4. The summed E-state index contributed by atoms with van der Waals surface area (Å²) in [5.41, 5.74) is -0.250. The number of benzene rings is 1. The van der Waals surface area contributed by atoms with E-state index < -0.39 is 11.7 Å². The fourth-order valence-corrected chi connectivity index (χ4v) is 2.04. The van der Waals surface area contributed by atoms with Gasteiger partial charge >= 0.3 is 6.09 Å². The lowest BCUT2D eigenvalue weighted by Gasteiger charge is -2.26. The van der Waals surface area contributed by atoms with E-state index in [0.29, 0.717) is 24.3 Å². The van der Waals surface area contributed by atoms with Gasteiger partial charge in [0, 0.05) is 20.2 Å². The van der Waals surface area contributed by atoms with E-state index in [2.05, 4.69) is 0 Å². The van der Waals surface area contributed by atoms with Crippen molar-refractivity contribution < 1.29 is 19.2 Å². The highest BCUT2D eigenvalue weighted by molar-refractivity contribution is 6.34. The smallest absolute Gasteiger partial charge is 0.442 e. The molecule has 0 atom stereocenters. The normalized spacial score (nSPS) is 11.0. The first kappa shape index (κ1) is 20.1. The van der Waals surface area contributed by atoms with E-state index in [1.54, 1.807) is 47.0 Å². The van der Waals surface area contributed by atoms with Crippen molar-refractivity contribution in [1.82, 2.24) is 9.96 Å². The minimum absolute atomic E-state index is 0.205. The summed E-state index contributed by atoms with van der Waals surface area (Å²) >= 11 is 6.15. The molecule has 0 aliphatic rings. The summed E-state index contributed by atoms with van der Waals surface area (Å²) < 4.78 is 5.32. The molecular formula is C17H25ClN2O4. The van der Waals surface area contributed by atoms with E-state index in [0.717, 1.165) is 5.06 Å². The molecule has 0 heterocycles. The van der Waals surface area contributed by atoms with Crippen molar-refractivity contribution in [3.63, 3.8) is 0 Å². The van der Waals surface area contributed by atoms with E-state index in [-0.39, 0.29) is 10.9 Å². The van der Waals surface area contributed by atoms with E-state index in [4.69, 9.17) is 21.2 Å². The van der Waals surface area contributed by atoms with Gasteiger partial charge < -0.3 is 14.5 Å². The van der Waals surface area contributed by atoms with Gasteiger partial charge in [0.1, 0.15) is 5.60 Å². The first-order valence-electron chi connectivity index (χ1n) is 7.75. The van der Waals surface area contributed by atoms with Crippen molar-refractivity contribution in [2.45, 2.75) is 39.7 Å². The van der Waals surface area contributed by atoms with Crippen LogP contribution in [0.5, 0.6) is 5.75 Å². The van der Waals surface area contributed by atoms with Crippen molar-refractivity contribution in [2.24, 2.45) is 0 Å². The summed E-state index contributed by atoms with van der Waals surface area (Å²) in [5, 5.41) is 1.40. The Hall–Kier alpha value is -1.95. The predicted molar refractivity (Wildman–Crippen MR) is 93.3 cm³/mol. The van der Waals surface area contributed by atoms with Gasteiger partial charge in [-0.05, 0) is 39.3 Å². The topological polar surface area (TPSA) is 59.1 Å². The average molecular weight is 357 g/mol. The van der Waals surface area contributed by atoms with Crippen molar-refractivity contribution in [3.8, 4) is 5.75 Å². The van der Waals surface area contributed by atoms with Gasteiger partial charge in [0.25, 0.3) is 5.91 Å². The van der Waals surface area contributed by atoms with Gasteiger partial charge in [0.2, 0.25) is 0 Å². The van der Waals surface area contributed by atoms with Gasteiger partial charge in [-0.3, -0.25) is 4.79 Å². The molecule has 0 fully saturated rings. The Morgan fingerprint density at radius 1 is 1.21 bits per heavy atom. The molecule has 1 aromatic carbocycles. The van der Waals surface area contributed by atoms with Gasteiger partial charge in [-0.25, -0.2) is 4.79 Å². The first-order valence-corrected chi connectivity index (χ1v) is 8.12. The molecule has 0 aliphatic carbocycles. The Kier molecular flexibility index (Phi) is 6.90. The van der Waals surface area contributed by atoms with Crippen LogP contribution in [0.15, 0.2) is 18.2 Å². The van der Waals surface area contributed by atoms with Crippen molar-refractivity contribution in [3.05, 3.63) is 28.8 Å². The molecule has 0 aromatic heterocycles. The van der Waals surface area contributed by atoms with Crippen LogP contribution in [-0.4, -0.2) is 48.2 Å². The highest BCUT2D eigenvalue weighted by Gasteiger charge is 2.24. The maximum atomic E-state index is 12.2. The standard InChI is InChI=1S/C17H25ClN2O4/c1-7-10-20(16(22)23-17(2,3)4)24-12-8-9-13(14(18)11-12)15(21)19(5)6/h8-9,11H,7,10H2,1-6H3. The van der Waals surface area contributed by atoms with E-state index in [1.165, 1.54) is 11.0 Å². The zero-order valence-corrected chi connectivity index (χ0v) is 15.8. The molecule has 134 valence electrons. The highest BCUT2D eigenvalue weighted by atomic mass is 35.5. The molecule has 0 radical (unpaired) electrons. The van der Waals surface area contributed by atoms with Crippen LogP contribution >= 0.6 is 11.6 Å². The van der Waals surface area contributed by atoms with Gasteiger partial charge in [-0.1, -0.05) is 18.5 Å². The minimum Gasteiger partial charge on any atom is -0.442 e. The molecule has 0 saturated carbocycles. The Bertz CT molecular complexity index is 597. The summed E-state index contributed by atoms with van der Waals surface area (Å²) in [6, 6.07) is 4.67. The molecule has 7 heteroatoms. The maximum Gasteiger partial charge on any atom is 0.443 e. The summed E-state index contributed by atoms with van der Waals surface area (Å²) in [6.07, 6.45) is 0.124. The van der Waals surface area contributed by atoms with Gasteiger partial charge in [0.05, 0.1) is 17.1 Å². The fraction of sp³-hybridized carbons (Fsp3) is 0.529. The monoisotopic (exact) mass is 356 g/mol. The molecule has 2 amide bonds. The molecule has 24 heavy (non-hydrogen) atoms. The second kappa shape index (κ2) is 8.24. The number of hydrogen-bond donors (Lipinski definition) is 0. The summed E-state index contributed by atoms with van der Waals surface area (Å²) in [4.78, 5) is 31.2. The zero-order valence-electron chi connectivity index (χ0n) is 15.1. The van der Waals surface area contributed by atoms with Crippen LogP contribution in [0.3, 0.4) is 0 Å². The van der Waals surface area contributed by atoms with Crippen LogP contribution in [0, 0.1) is 0 Å². The molecule has 0 aliphatic heterocycles. The molecule has 0 spiro atoms. The maximum absolute atomic E-state index is 12.2. The molecular weight excluding hydrogens is 332 g/mol. The number of carbonyl (C=O) groups is 2. The Morgan fingerprint density at radius 3 is 2.29 bits per heavy atom. The number of halogens is 1. The largest absolute Gasteiger partial charge is 0.443 e. The van der Waals surface area contributed by atoms with E-state index in [1.807, 2.05) is 6.92 Å². The van der Waals surface area contributed by atoms with Crippen LogP contribution in [0.25, 0.3) is 0 Å². The number of ether oxygens (including phenoxy) is 1. The zero-order chi connectivity index (χ0) is 18.5. The quantitative estimate of drug-likeness (QED) is 0.748. The second-order valence-electron chi connectivity index (χ2n) is 6.51. The van der Waals surface area contributed by atoms with E-state index in [9.17, 15) is 9.59 Å². The number of carbonyl (C=O) groups excluding carboxylic acids is 2. The second-order valence-corrected chi connectivity index (χ2v) is 6.92. The van der Waals surface area contributed by atoms with Crippen molar-refractivity contribution in [1.29, 1.82) is 0 Å². The number of rotatable bonds is 5. The molecule has 1 aromatic rings. The Labute approximate surface area is 148 Å². The summed E-state index contributed by atoms with van der Waals surface area (Å²) in [7, 11) is 3.29. The lowest BCUT2D eigenvalue weighted by molar-refractivity contribution is -0.0722. The van der Waals surface area contributed by atoms with Crippen LogP contribution in [0.4, 0.5) is 4.79 Å². The first-order chi connectivity index (χ1) is 11.0. The third-order valence-corrected chi connectivity index (χ3v) is 3.13. The molecule has 0 unspecified atom stereocenters. The average Bonchev–Trinajstić information content (AvgIpc) is 2.44. The Balaban J connectivity index is 2.93. The third kappa shape index (κ3) is 5.92. The Morgan fingerprint density at radius 2 is 1.83 bits per heavy atom. The number of amides is 2. The van der Waals surface area contributed by atoms with Crippen LogP contribution in [0.1, 0.15) is 44.5 Å². The molecule has 0 bridgehead atoms. The van der Waals surface area contributed by atoms with Crippen LogP contribution in [0.2, 0.25) is 5.02 Å². The van der Waals surface area contributed by atoms with Crippen LogP contribution < -0.4 is 4.84 Å². The van der Waals surface area contributed by atoms with Crippen molar-refractivity contribution in [2.75, 3.05) is 20.6 Å². The van der Waals surface area contributed by atoms with E-state index >= 15 is 0 Å². The highest BCUT2D eigenvalue weighted by Crippen LogP contribution is 2.24. The fourth-order valence-electron chi connectivity index (χ4n) is 1.78. The van der Waals surface area contributed by atoms with Gasteiger partial charge in [0.15, 0.2) is 5.75 Å². The van der Waals surface area contributed by atoms with Gasteiger partial charge in [-0.2, -0.15) is 0 Å². The minimum atomic E-state index is -0.619. The summed E-state index contributed by atoms with van der Waals surface area (Å²) in [5.74, 6) is 0.152. The number of nitrogens with zero attached hydrogens (tertiary/aromatic N) is 2. The SMILES string of the molecule is CCCN(Oc1ccc(C(=O)N(C)C)c(Cl)c1)C(=O)OC(C)(C)C. The molecule has 0 saturated heterocycles. The third-order valence-electron chi connectivity index (χ3n) is 2.82. The predicted octanol–water partition coefficient (Wildman–Crippen LogP) is 3.98. The summed E-state index contributed by atoms with van der Waals surface area (Å²) in [6.45, 7) is 7.64. The lowest BCUT2D eigenvalue weighted by Crippen LogP contribution is -2.39. The molecule has 0 N–H and O–H groups in total. The van der Waals surface area contributed by atoms with Gasteiger partial charge in [-0.15, -0.1) is 5.06 Å². The lowest BCUT2D eigenvalue weighted by atomic mass is 10.2. The molecule has 1 rings (SSSR count).